The maximum absolute atomic E-state index is 10.7. The number of aliphatic carboxylic acids is 1. The molecule has 0 saturated heterocycles. The maximum atomic E-state index is 10.7. The number of nitro groups is 1. The van der Waals surface area contributed by atoms with Gasteiger partial charge >= 0.3 is 12.0 Å². The van der Waals surface area contributed by atoms with Crippen LogP contribution in [-0.2, 0) is 4.79 Å². The molecular formula is C22H33NO4. The molecule has 0 amide bonds. The summed E-state index contributed by atoms with van der Waals surface area (Å²) in [6.07, 6.45) is 28.4. The SMILES string of the molecule is CCC=CCC=CCC=CCC=CCC=CCCCCC(C(=O)O)[N+](=O)[O-]. The minimum Gasteiger partial charge on any atom is -0.476 e. The summed E-state index contributed by atoms with van der Waals surface area (Å²) in [7, 11) is 0. The van der Waals surface area contributed by atoms with E-state index >= 15 is 0 Å². The lowest BCUT2D eigenvalue weighted by atomic mass is 10.1. The molecule has 0 aliphatic carbocycles. The molecular weight excluding hydrogens is 342 g/mol. The summed E-state index contributed by atoms with van der Waals surface area (Å²) in [6.45, 7) is 2.13. The van der Waals surface area contributed by atoms with Crippen LogP contribution in [-0.4, -0.2) is 22.0 Å². The molecule has 5 nitrogen and oxygen atoms in total. The van der Waals surface area contributed by atoms with Crippen LogP contribution in [0.25, 0.3) is 0 Å². The second-order valence-corrected chi connectivity index (χ2v) is 6.13. The van der Waals surface area contributed by atoms with Crippen molar-refractivity contribution in [3.05, 3.63) is 70.9 Å². The Labute approximate surface area is 163 Å². The van der Waals surface area contributed by atoms with Gasteiger partial charge in [-0.05, 0) is 51.4 Å². The molecule has 0 spiro atoms. The fourth-order valence-electron chi connectivity index (χ4n) is 2.29. The highest BCUT2D eigenvalue weighted by atomic mass is 16.6. The number of rotatable bonds is 16. The Hall–Kier alpha value is -2.43. The van der Waals surface area contributed by atoms with Crippen LogP contribution in [0.2, 0.25) is 0 Å². The predicted octanol–water partition coefficient (Wildman–Crippen LogP) is 6.03. The Morgan fingerprint density at radius 3 is 1.70 bits per heavy atom. The number of hydrogen-bond donors (Lipinski definition) is 1. The Kier molecular flexibility index (Phi) is 16.7. The fourth-order valence-corrected chi connectivity index (χ4v) is 2.29. The van der Waals surface area contributed by atoms with Crippen LogP contribution in [0.5, 0.6) is 0 Å². The van der Waals surface area contributed by atoms with Gasteiger partial charge in [0.1, 0.15) is 0 Å². The van der Waals surface area contributed by atoms with Crippen molar-refractivity contribution in [2.75, 3.05) is 0 Å². The van der Waals surface area contributed by atoms with E-state index in [-0.39, 0.29) is 6.42 Å². The summed E-state index contributed by atoms with van der Waals surface area (Å²) in [5.41, 5.74) is 0. The zero-order valence-electron chi connectivity index (χ0n) is 16.3. The van der Waals surface area contributed by atoms with Gasteiger partial charge in [-0.15, -0.1) is 0 Å². The van der Waals surface area contributed by atoms with Gasteiger partial charge in [0.25, 0.3) is 0 Å². The van der Waals surface area contributed by atoms with Crippen molar-refractivity contribution in [1.29, 1.82) is 0 Å². The van der Waals surface area contributed by atoms with Crippen LogP contribution < -0.4 is 0 Å². The number of carboxylic acid groups (broad SMARTS) is 1. The van der Waals surface area contributed by atoms with E-state index in [1.54, 1.807) is 0 Å². The van der Waals surface area contributed by atoms with Crippen molar-refractivity contribution in [1.82, 2.24) is 0 Å². The highest BCUT2D eigenvalue weighted by Gasteiger charge is 2.27. The average molecular weight is 376 g/mol. The molecule has 150 valence electrons. The summed E-state index contributed by atoms with van der Waals surface area (Å²) in [4.78, 5) is 20.5. The van der Waals surface area contributed by atoms with Crippen LogP contribution in [0.15, 0.2) is 60.8 Å². The largest absolute Gasteiger partial charge is 0.476 e. The third-order valence-electron chi connectivity index (χ3n) is 3.80. The molecule has 0 rings (SSSR count). The van der Waals surface area contributed by atoms with E-state index in [4.69, 9.17) is 5.11 Å². The van der Waals surface area contributed by atoms with Gasteiger partial charge in [-0.1, -0.05) is 67.7 Å². The minimum atomic E-state index is -1.47. The second-order valence-electron chi connectivity index (χ2n) is 6.13. The molecule has 0 fully saturated rings. The van der Waals surface area contributed by atoms with Gasteiger partial charge in [0.15, 0.2) is 0 Å². The molecule has 1 atom stereocenters. The minimum absolute atomic E-state index is 0.0903. The molecule has 0 aliphatic rings. The smallest absolute Gasteiger partial charge is 0.379 e. The van der Waals surface area contributed by atoms with Crippen molar-refractivity contribution in [2.45, 2.75) is 70.8 Å². The summed E-state index contributed by atoms with van der Waals surface area (Å²) >= 11 is 0. The van der Waals surface area contributed by atoms with Crippen LogP contribution in [0.4, 0.5) is 0 Å². The van der Waals surface area contributed by atoms with Gasteiger partial charge in [-0.3, -0.25) is 10.1 Å². The lowest BCUT2D eigenvalue weighted by Crippen LogP contribution is -2.28. The molecule has 0 aromatic rings. The average Bonchev–Trinajstić information content (AvgIpc) is 2.63. The maximum Gasteiger partial charge on any atom is 0.379 e. The quantitative estimate of drug-likeness (QED) is 0.155. The lowest BCUT2D eigenvalue weighted by molar-refractivity contribution is -0.511. The van der Waals surface area contributed by atoms with E-state index in [0.29, 0.717) is 6.42 Å². The van der Waals surface area contributed by atoms with Gasteiger partial charge in [0, 0.05) is 11.3 Å². The fraction of sp³-hybridized carbons (Fsp3) is 0.500. The van der Waals surface area contributed by atoms with Gasteiger partial charge in [0.2, 0.25) is 0 Å². The number of allylic oxidation sites excluding steroid dienone is 10. The third kappa shape index (κ3) is 16.8. The van der Waals surface area contributed by atoms with Gasteiger partial charge in [0.05, 0.1) is 0 Å². The molecule has 0 aromatic heterocycles. The summed E-state index contributed by atoms with van der Waals surface area (Å²) in [5.74, 6) is -1.35. The number of unbranched alkanes of at least 4 members (excludes halogenated alkanes) is 2. The zero-order chi connectivity index (χ0) is 20.2. The standard InChI is InChI=1S/C22H33NO4/c1-2-3-4-5-6-7-8-9-10-11-12-13-14-15-16-17-18-19-20-21(22(24)25)23(26)27/h3-4,6-7,9-10,12-13,15-16,21H,2,5,8,11,14,17-20H2,1H3,(H,24,25). The Morgan fingerprint density at radius 2 is 1.30 bits per heavy atom. The van der Waals surface area contributed by atoms with E-state index in [2.05, 4.69) is 61.6 Å². The van der Waals surface area contributed by atoms with Gasteiger partial charge in [-0.2, -0.15) is 0 Å². The van der Waals surface area contributed by atoms with Gasteiger partial charge in [-0.25, -0.2) is 4.79 Å². The first-order valence-corrected chi connectivity index (χ1v) is 9.70. The first-order chi connectivity index (χ1) is 13.1. The van der Waals surface area contributed by atoms with E-state index in [1.807, 2.05) is 6.08 Å². The van der Waals surface area contributed by atoms with E-state index < -0.39 is 16.9 Å². The molecule has 0 aliphatic heterocycles. The van der Waals surface area contributed by atoms with Crippen molar-refractivity contribution in [2.24, 2.45) is 0 Å². The van der Waals surface area contributed by atoms with Crippen LogP contribution in [0, 0.1) is 10.1 Å². The number of nitrogens with zero attached hydrogens (tertiary/aromatic N) is 1. The van der Waals surface area contributed by atoms with Crippen molar-refractivity contribution in [3.8, 4) is 0 Å². The highest BCUT2D eigenvalue weighted by molar-refractivity contribution is 5.71. The van der Waals surface area contributed by atoms with E-state index in [0.717, 1.165) is 44.9 Å². The summed E-state index contributed by atoms with van der Waals surface area (Å²) < 4.78 is 0. The van der Waals surface area contributed by atoms with Crippen LogP contribution in [0.1, 0.15) is 64.7 Å². The number of carbonyl (C=O) groups is 1. The molecule has 0 heterocycles. The van der Waals surface area contributed by atoms with Crippen molar-refractivity contribution >= 4 is 5.97 Å². The Balaban J connectivity index is 3.63. The molecule has 1 N–H and O–H groups in total. The molecule has 0 saturated carbocycles. The monoisotopic (exact) mass is 375 g/mol. The van der Waals surface area contributed by atoms with E-state index in [1.165, 1.54) is 0 Å². The number of hydrogen-bond acceptors (Lipinski definition) is 3. The Bertz CT molecular complexity index is 531. The zero-order valence-corrected chi connectivity index (χ0v) is 16.3. The van der Waals surface area contributed by atoms with Crippen LogP contribution >= 0.6 is 0 Å². The van der Waals surface area contributed by atoms with Crippen LogP contribution in [0.3, 0.4) is 0 Å². The first kappa shape index (κ1) is 24.6. The summed E-state index contributed by atoms with van der Waals surface area (Å²) in [5, 5.41) is 19.3. The van der Waals surface area contributed by atoms with Gasteiger partial charge < -0.3 is 5.11 Å². The molecule has 0 aromatic carbocycles. The first-order valence-electron chi connectivity index (χ1n) is 9.70. The highest BCUT2D eigenvalue weighted by Crippen LogP contribution is 2.07. The Morgan fingerprint density at radius 1 is 0.852 bits per heavy atom. The molecule has 0 radical (unpaired) electrons. The molecule has 27 heavy (non-hydrogen) atoms. The molecule has 0 bridgehead atoms. The lowest BCUT2D eigenvalue weighted by Gasteiger charge is -2.03. The van der Waals surface area contributed by atoms with Crippen molar-refractivity contribution in [3.63, 3.8) is 0 Å². The third-order valence-corrected chi connectivity index (χ3v) is 3.80. The van der Waals surface area contributed by atoms with Crippen molar-refractivity contribution < 1.29 is 14.8 Å². The molecule has 5 heteroatoms. The topological polar surface area (TPSA) is 80.4 Å². The van der Waals surface area contributed by atoms with E-state index in [9.17, 15) is 14.9 Å². The second kappa shape index (κ2) is 18.4. The normalized spacial score (nSPS) is 13.7. The predicted molar refractivity (Wildman–Crippen MR) is 111 cm³/mol. The molecule has 1 unspecified atom stereocenters. The number of carboxylic acids is 1. The summed E-state index contributed by atoms with van der Waals surface area (Å²) in [6, 6.07) is -1.47.